The lowest BCUT2D eigenvalue weighted by molar-refractivity contribution is 1.31. The maximum Gasteiger partial charge on any atom is 0.0488 e. The molecule has 0 bridgehead atoms. The number of nitrogens with two attached hydrogens (primary N) is 1. The maximum absolute atomic E-state index is 5.85. The van der Waals surface area contributed by atoms with Crippen molar-refractivity contribution in [2.45, 2.75) is 25.7 Å². The minimum atomic E-state index is -1.01. The molecule has 1 aromatic rings. The fraction of sp³-hybridized carbons (Fsp3) is 0.400. The van der Waals surface area contributed by atoms with Crippen LogP contribution in [0.25, 0.3) is 0 Å². The van der Waals surface area contributed by atoms with Gasteiger partial charge in [-0.25, -0.2) is 0 Å². The van der Waals surface area contributed by atoms with Gasteiger partial charge in [0.05, 0.1) is 0 Å². The van der Waals surface area contributed by atoms with Gasteiger partial charge in [-0.15, -0.1) is 0 Å². The Balaban J connectivity index is 2.83. The van der Waals surface area contributed by atoms with E-state index in [1.807, 2.05) is 12.1 Å². The molecular weight excluding hydrogens is 162 g/mol. The molecule has 0 atom stereocenters. The second kappa shape index (κ2) is 3.31. The van der Waals surface area contributed by atoms with Crippen LogP contribution >= 0.6 is 0 Å². The SMILES string of the molecule is C[Si](C)(C)Cc1ccccc1N. The summed E-state index contributed by atoms with van der Waals surface area (Å²) in [7, 11) is -1.01. The molecule has 2 N–H and O–H groups in total. The van der Waals surface area contributed by atoms with Gasteiger partial charge in [0.25, 0.3) is 0 Å². The average molecular weight is 179 g/mol. The molecule has 0 aromatic heterocycles. The first-order valence-corrected chi connectivity index (χ1v) is 8.03. The summed E-state index contributed by atoms with van der Waals surface area (Å²) in [6.07, 6.45) is 0. The Hall–Kier alpha value is -0.763. The minimum absolute atomic E-state index is 0.944. The van der Waals surface area contributed by atoms with Crippen LogP contribution in [0.15, 0.2) is 24.3 Å². The first-order chi connectivity index (χ1) is 5.49. The van der Waals surface area contributed by atoms with Crippen molar-refractivity contribution in [1.82, 2.24) is 0 Å². The highest BCUT2D eigenvalue weighted by Crippen LogP contribution is 2.16. The normalized spacial score (nSPS) is 11.6. The third-order valence-electron chi connectivity index (χ3n) is 1.78. The van der Waals surface area contributed by atoms with Crippen LogP contribution < -0.4 is 5.73 Å². The van der Waals surface area contributed by atoms with Gasteiger partial charge in [0, 0.05) is 13.8 Å². The number of anilines is 1. The van der Waals surface area contributed by atoms with Crippen molar-refractivity contribution in [2.75, 3.05) is 5.73 Å². The van der Waals surface area contributed by atoms with Crippen molar-refractivity contribution < 1.29 is 0 Å². The molecule has 0 spiro atoms. The average Bonchev–Trinajstić information content (AvgIpc) is 1.91. The first kappa shape index (κ1) is 9.33. The molecule has 0 unspecified atom stereocenters. The van der Waals surface area contributed by atoms with E-state index in [2.05, 4.69) is 31.8 Å². The van der Waals surface area contributed by atoms with Crippen molar-refractivity contribution in [1.29, 1.82) is 0 Å². The van der Waals surface area contributed by atoms with Crippen LogP contribution in [-0.4, -0.2) is 8.07 Å². The lowest BCUT2D eigenvalue weighted by Crippen LogP contribution is -2.24. The third-order valence-corrected chi connectivity index (χ3v) is 3.22. The molecule has 0 aliphatic rings. The first-order valence-electron chi connectivity index (χ1n) is 4.32. The van der Waals surface area contributed by atoms with E-state index in [1.165, 1.54) is 11.6 Å². The molecule has 2 heteroatoms. The Labute approximate surface area is 75.6 Å². The molecule has 0 aliphatic carbocycles. The van der Waals surface area contributed by atoms with Crippen LogP contribution in [0.4, 0.5) is 5.69 Å². The summed E-state index contributed by atoms with van der Waals surface area (Å²) in [6, 6.07) is 9.34. The van der Waals surface area contributed by atoms with Crippen LogP contribution in [0, 0.1) is 0 Å². The predicted octanol–water partition coefficient (Wildman–Crippen LogP) is 2.69. The van der Waals surface area contributed by atoms with E-state index in [-0.39, 0.29) is 0 Å². The number of hydrogen-bond acceptors (Lipinski definition) is 1. The highest BCUT2D eigenvalue weighted by atomic mass is 28.3. The Morgan fingerprint density at radius 3 is 2.25 bits per heavy atom. The van der Waals surface area contributed by atoms with E-state index >= 15 is 0 Å². The Bertz CT molecular complexity index is 263. The fourth-order valence-corrected chi connectivity index (χ4v) is 2.73. The van der Waals surface area contributed by atoms with Crippen molar-refractivity contribution in [3.8, 4) is 0 Å². The molecule has 12 heavy (non-hydrogen) atoms. The Kier molecular flexibility index (Phi) is 2.57. The Morgan fingerprint density at radius 1 is 1.17 bits per heavy atom. The number of rotatable bonds is 2. The topological polar surface area (TPSA) is 26.0 Å². The van der Waals surface area contributed by atoms with Crippen molar-refractivity contribution in [2.24, 2.45) is 0 Å². The minimum Gasteiger partial charge on any atom is -0.399 e. The zero-order valence-electron chi connectivity index (χ0n) is 8.09. The fourth-order valence-electron chi connectivity index (χ4n) is 1.27. The summed E-state index contributed by atoms with van der Waals surface area (Å²) in [4.78, 5) is 0. The molecule has 0 fully saturated rings. The number of benzene rings is 1. The smallest absolute Gasteiger partial charge is 0.0488 e. The third kappa shape index (κ3) is 2.70. The van der Waals surface area contributed by atoms with Gasteiger partial charge in [-0.05, 0) is 17.7 Å². The number of nitrogen functional groups attached to an aromatic ring is 1. The summed E-state index contributed by atoms with van der Waals surface area (Å²) in [5.41, 5.74) is 8.11. The molecule has 66 valence electrons. The molecule has 0 amide bonds. The van der Waals surface area contributed by atoms with Gasteiger partial charge in [0.1, 0.15) is 0 Å². The van der Waals surface area contributed by atoms with Crippen LogP contribution in [0.1, 0.15) is 5.56 Å². The maximum atomic E-state index is 5.85. The molecule has 0 saturated heterocycles. The molecule has 0 radical (unpaired) electrons. The quantitative estimate of drug-likeness (QED) is 0.548. The summed E-state index contributed by atoms with van der Waals surface area (Å²) >= 11 is 0. The van der Waals surface area contributed by atoms with Crippen LogP contribution in [0.3, 0.4) is 0 Å². The van der Waals surface area contributed by atoms with Gasteiger partial charge >= 0.3 is 0 Å². The molecule has 1 nitrogen and oxygen atoms in total. The number of hydrogen-bond donors (Lipinski definition) is 1. The van der Waals surface area contributed by atoms with E-state index in [0.717, 1.165) is 5.69 Å². The lowest BCUT2D eigenvalue weighted by Gasteiger charge is -2.16. The van der Waals surface area contributed by atoms with Gasteiger partial charge in [-0.2, -0.15) is 0 Å². The molecule has 1 aromatic carbocycles. The zero-order valence-corrected chi connectivity index (χ0v) is 9.09. The van der Waals surface area contributed by atoms with Gasteiger partial charge in [-0.1, -0.05) is 37.8 Å². The van der Waals surface area contributed by atoms with Gasteiger partial charge < -0.3 is 5.73 Å². The van der Waals surface area contributed by atoms with Gasteiger partial charge in [-0.3, -0.25) is 0 Å². The van der Waals surface area contributed by atoms with E-state index < -0.39 is 8.07 Å². The Morgan fingerprint density at radius 2 is 1.75 bits per heavy atom. The monoisotopic (exact) mass is 179 g/mol. The molecule has 1 rings (SSSR count). The molecule has 0 aliphatic heterocycles. The lowest BCUT2D eigenvalue weighted by atomic mass is 10.2. The largest absolute Gasteiger partial charge is 0.399 e. The molecule has 0 saturated carbocycles. The van der Waals surface area contributed by atoms with Crippen LogP contribution in [0.2, 0.25) is 19.6 Å². The van der Waals surface area contributed by atoms with Gasteiger partial charge in [0.2, 0.25) is 0 Å². The van der Waals surface area contributed by atoms with Crippen LogP contribution in [0.5, 0.6) is 0 Å². The predicted molar refractivity (Wildman–Crippen MR) is 57.9 cm³/mol. The van der Waals surface area contributed by atoms with Crippen LogP contribution in [-0.2, 0) is 6.04 Å². The molecule has 0 heterocycles. The highest BCUT2D eigenvalue weighted by Gasteiger charge is 2.14. The van der Waals surface area contributed by atoms with E-state index in [4.69, 9.17) is 5.73 Å². The standard InChI is InChI=1S/C10H17NSi/c1-12(2,3)8-9-6-4-5-7-10(9)11/h4-7H,8,11H2,1-3H3. The molecular formula is C10H17NSi. The summed E-state index contributed by atoms with van der Waals surface area (Å²) < 4.78 is 0. The summed E-state index contributed by atoms with van der Waals surface area (Å²) in [6.45, 7) is 7.08. The van der Waals surface area contributed by atoms with E-state index in [1.54, 1.807) is 0 Å². The van der Waals surface area contributed by atoms with Gasteiger partial charge in [0.15, 0.2) is 0 Å². The van der Waals surface area contributed by atoms with E-state index in [9.17, 15) is 0 Å². The summed E-state index contributed by atoms with van der Waals surface area (Å²) in [5, 5.41) is 0. The van der Waals surface area contributed by atoms with Crippen molar-refractivity contribution >= 4 is 13.8 Å². The van der Waals surface area contributed by atoms with E-state index in [0.29, 0.717) is 0 Å². The van der Waals surface area contributed by atoms with Crippen molar-refractivity contribution in [3.63, 3.8) is 0 Å². The second-order valence-electron chi connectivity index (χ2n) is 4.44. The highest BCUT2D eigenvalue weighted by molar-refractivity contribution is 6.75. The number of para-hydroxylation sites is 1. The summed E-state index contributed by atoms with van der Waals surface area (Å²) in [5.74, 6) is 0. The second-order valence-corrected chi connectivity index (χ2v) is 9.91. The van der Waals surface area contributed by atoms with Crippen molar-refractivity contribution in [3.05, 3.63) is 29.8 Å². The zero-order chi connectivity index (χ0) is 9.19.